The van der Waals surface area contributed by atoms with Gasteiger partial charge in [0.1, 0.15) is 12.2 Å². The Morgan fingerprint density at radius 2 is 2.12 bits per heavy atom. The molecule has 13 nitrogen and oxygen atoms in total. The van der Waals surface area contributed by atoms with Crippen LogP contribution in [0.5, 0.6) is 0 Å². The normalized spacial score (nSPS) is 21.1. The summed E-state index contributed by atoms with van der Waals surface area (Å²) >= 11 is 0. The van der Waals surface area contributed by atoms with E-state index in [0.29, 0.717) is 22.5 Å². The quantitative estimate of drug-likeness (QED) is 0.409. The highest BCUT2D eigenvalue weighted by Gasteiger charge is 2.40. The molecule has 3 N–H and O–H groups in total. The van der Waals surface area contributed by atoms with Crippen LogP contribution >= 0.6 is 0 Å². The summed E-state index contributed by atoms with van der Waals surface area (Å²) in [5.41, 5.74) is 3.29. The fourth-order valence-electron chi connectivity index (χ4n) is 3.39. The molecule has 4 rings (SSSR count). The number of amides is 1. The summed E-state index contributed by atoms with van der Waals surface area (Å²) in [5, 5.41) is 13.5. The van der Waals surface area contributed by atoms with Gasteiger partial charge in [-0.05, 0) is 6.07 Å². The van der Waals surface area contributed by atoms with Crippen molar-refractivity contribution in [3.63, 3.8) is 0 Å². The van der Waals surface area contributed by atoms with Crippen molar-refractivity contribution in [1.29, 1.82) is 0 Å². The fourth-order valence-corrected chi connectivity index (χ4v) is 3.98. The summed E-state index contributed by atoms with van der Waals surface area (Å²) in [7, 11) is -0.525. The largest absolute Gasteiger partial charge is 0.388 e. The highest BCUT2D eigenvalue weighted by Crippen LogP contribution is 2.33. The topological polar surface area (TPSA) is 170 Å². The number of hydrogen-bond donors (Lipinski definition) is 3. The van der Waals surface area contributed by atoms with Crippen LogP contribution in [0, 0.1) is 0 Å². The van der Waals surface area contributed by atoms with Crippen molar-refractivity contribution in [2.75, 3.05) is 25.7 Å². The van der Waals surface area contributed by atoms with E-state index in [4.69, 9.17) is 4.74 Å². The molecular formula is C18H21N7O6S. The number of ether oxygens (including phenoxy) is 1. The molecule has 0 radical (unpaired) electrons. The molecule has 0 unspecified atom stereocenters. The number of hydroxylamine groups is 1. The molecule has 1 aliphatic heterocycles. The fraction of sp³-hybridized carbons (Fsp3) is 0.389. The maximum absolute atomic E-state index is 12.0. The highest BCUT2D eigenvalue weighted by atomic mass is 32.2. The molecule has 0 saturated carbocycles. The minimum absolute atomic E-state index is 0.0276. The van der Waals surface area contributed by atoms with Crippen LogP contribution in [0.3, 0.4) is 0 Å². The van der Waals surface area contributed by atoms with E-state index in [1.54, 1.807) is 7.05 Å². The first-order chi connectivity index (χ1) is 15.2. The monoisotopic (exact) mass is 463 g/mol. The number of anilines is 1. The Bertz CT molecular complexity index is 1280. The van der Waals surface area contributed by atoms with Crippen LogP contribution in [0.1, 0.15) is 12.6 Å². The summed E-state index contributed by atoms with van der Waals surface area (Å²) in [4.78, 5) is 33.9. The van der Waals surface area contributed by atoms with Crippen LogP contribution in [0.25, 0.3) is 22.6 Å². The van der Waals surface area contributed by atoms with Crippen molar-refractivity contribution in [2.24, 2.45) is 0 Å². The van der Waals surface area contributed by atoms with E-state index in [1.165, 1.54) is 36.5 Å². The first kappa shape index (κ1) is 22.0. The number of imidazole rings is 1. The smallest absolute Gasteiger partial charge is 0.272 e. The Morgan fingerprint density at radius 1 is 1.34 bits per heavy atom. The van der Waals surface area contributed by atoms with Gasteiger partial charge in [-0.2, -0.15) is 0 Å². The predicted octanol–water partition coefficient (Wildman–Crippen LogP) is -0.340. The molecule has 1 aliphatic rings. The van der Waals surface area contributed by atoms with E-state index < -0.39 is 34.2 Å². The molecule has 4 heterocycles. The number of aliphatic hydroxyl groups is 1. The molecule has 3 aromatic heterocycles. The van der Waals surface area contributed by atoms with E-state index in [9.17, 15) is 18.3 Å². The van der Waals surface area contributed by atoms with Crippen molar-refractivity contribution in [3.8, 4) is 11.4 Å². The van der Waals surface area contributed by atoms with E-state index >= 15 is 0 Å². The maximum atomic E-state index is 12.0. The van der Waals surface area contributed by atoms with Crippen LogP contribution < -0.4 is 10.8 Å². The minimum Gasteiger partial charge on any atom is -0.388 e. The second kappa shape index (κ2) is 8.38. The van der Waals surface area contributed by atoms with Gasteiger partial charge in [0.25, 0.3) is 5.91 Å². The van der Waals surface area contributed by atoms with Crippen LogP contribution in [0.4, 0.5) is 5.82 Å². The van der Waals surface area contributed by atoms with E-state index in [1.807, 2.05) is 0 Å². The lowest BCUT2D eigenvalue weighted by molar-refractivity contribution is -0.145. The number of carbonyl (C=O) groups is 1. The zero-order chi connectivity index (χ0) is 23.0. The van der Waals surface area contributed by atoms with Gasteiger partial charge in [0, 0.05) is 37.7 Å². The van der Waals surface area contributed by atoms with Gasteiger partial charge in [0.05, 0.1) is 18.3 Å². The molecule has 1 fully saturated rings. The average molecular weight is 463 g/mol. The third-order valence-electron chi connectivity index (χ3n) is 4.92. The number of hydrogen-bond acceptors (Lipinski definition) is 11. The molecule has 14 heteroatoms. The first-order valence-electron chi connectivity index (χ1n) is 9.47. The van der Waals surface area contributed by atoms with E-state index in [0.717, 1.165) is 6.26 Å². The zero-order valence-electron chi connectivity index (χ0n) is 17.4. The Kier molecular flexibility index (Phi) is 5.77. The standard InChI is InChI=1S/C18H21N7O6S/c1-19-15-13-16(23-14(22-15)9-4-10(7-20-6-9)32(3,28)29)25(8-21-13)18-11(26)5-12(31-18)17(27)24-30-2/h4,6-8,11-12,18,26H,5H2,1-3H3,(H,24,27)(H,19,22,23)/t11-,12+,18-/m1/s1. The number of fused-ring (bicyclic) bond motifs is 1. The zero-order valence-corrected chi connectivity index (χ0v) is 18.2. The molecule has 1 amide bonds. The number of carbonyl (C=O) groups excluding carboxylic acids is 1. The molecule has 170 valence electrons. The Labute approximate surface area is 182 Å². The third-order valence-corrected chi connectivity index (χ3v) is 5.99. The first-order valence-corrected chi connectivity index (χ1v) is 11.4. The molecule has 0 spiro atoms. The lowest BCUT2D eigenvalue weighted by Gasteiger charge is -2.17. The van der Waals surface area contributed by atoms with Gasteiger partial charge in [0.15, 0.2) is 38.9 Å². The molecular weight excluding hydrogens is 442 g/mol. The number of rotatable bonds is 6. The number of aliphatic hydroxyl groups excluding tert-OH is 1. The Morgan fingerprint density at radius 3 is 2.81 bits per heavy atom. The van der Waals surface area contributed by atoms with Crippen LogP contribution in [0.15, 0.2) is 29.7 Å². The van der Waals surface area contributed by atoms with Gasteiger partial charge in [-0.3, -0.25) is 19.2 Å². The van der Waals surface area contributed by atoms with Crippen molar-refractivity contribution < 1.29 is 27.9 Å². The number of pyridine rings is 1. The summed E-state index contributed by atoms with van der Waals surface area (Å²) in [6.07, 6.45) is 2.40. The second-order valence-electron chi connectivity index (χ2n) is 7.14. The molecule has 32 heavy (non-hydrogen) atoms. The third kappa shape index (κ3) is 4.00. The van der Waals surface area contributed by atoms with Crippen LogP contribution in [-0.4, -0.2) is 76.6 Å². The van der Waals surface area contributed by atoms with Crippen LogP contribution in [-0.2, 0) is 24.2 Å². The molecule has 3 aromatic rings. The molecule has 0 bridgehead atoms. The predicted molar refractivity (Wildman–Crippen MR) is 111 cm³/mol. The number of sulfone groups is 1. The lowest BCUT2D eigenvalue weighted by atomic mass is 10.2. The Balaban J connectivity index is 1.78. The van der Waals surface area contributed by atoms with E-state index in [2.05, 4.69) is 35.6 Å². The number of aromatic nitrogens is 5. The van der Waals surface area contributed by atoms with Gasteiger partial charge in [-0.15, -0.1) is 0 Å². The van der Waals surface area contributed by atoms with E-state index in [-0.39, 0.29) is 17.1 Å². The minimum atomic E-state index is -3.48. The van der Waals surface area contributed by atoms with Crippen molar-refractivity contribution >= 4 is 32.7 Å². The van der Waals surface area contributed by atoms with Gasteiger partial charge < -0.3 is 15.2 Å². The lowest BCUT2D eigenvalue weighted by Crippen LogP contribution is -2.33. The van der Waals surface area contributed by atoms with Crippen LogP contribution in [0.2, 0.25) is 0 Å². The summed E-state index contributed by atoms with van der Waals surface area (Å²) in [5.74, 6) is 0.0609. The molecule has 0 aliphatic carbocycles. The molecule has 1 saturated heterocycles. The Hall–Kier alpha value is -3.20. The van der Waals surface area contributed by atoms with Gasteiger partial charge in [0.2, 0.25) is 0 Å². The SMILES string of the molecule is CNc1nc(-c2cncc(S(C)(=O)=O)c2)nc2c1ncn2[C@@H]1O[C@H](C(=O)NOC)C[C@H]1O. The highest BCUT2D eigenvalue weighted by molar-refractivity contribution is 7.90. The average Bonchev–Trinajstić information content (AvgIpc) is 3.36. The number of nitrogens with one attached hydrogen (secondary N) is 2. The summed E-state index contributed by atoms with van der Waals surface area (Å²) in [6.45, 7) is 0. The number of nitrogens with zero attached hydrogens (tertiary/aromatic N) is 5. The van der Waals surface area contributed by atoms with Gasteiger partial charge in [-0.1, -0.05) is 0 Å². The summed E-state index contributed by atoms with van der Waals surface area (Å²) in [6, 6.07) is 1.43. The van der Waals surface area contributed by atoms with Crippen molar-refractivity contribution in [2.45, 2.75) is 29.8 Å². The van der Waals surface area contributed by atoms with Gasteiger partial charge in [-0.25, -0.2) is 28.8 Å². The molecule has 0 aromatic carbocycles. The second-order valence-corrected chi connectivity index (χ2v) is 9.16. The van der Waals surface area contributed by atoms with Crippen molar-refractivity contribution in [3.05, 3.63) is 24.8 Å². The van der Waals surface area contributed by atoms with Crippen molar-refractivity contribution in [1.82, 2.24) is 30.0 Å². The molecule has 3 atom stereocenters. The summed E-state index contributed by atoms with van der Waals surface area (Å²) < 4.78 is 31.1. The maximum Gasteiger partial charge on any atom is 0.272 e. The van der Waals surface area contributed by atoms with Gasteiger partial charge >= 0.3 is 0 Å².